The Morgan fingerprint density at radius 2 is 2.25 bits per heavy atom. The first-order valence-corrected chi connectivity index (χ1v) is 5.48. The topological polar surface area (TPSA) is 59.0 Å². The summed E-state index contributed by atoms with van der Waals surface area (Å²) in [5.74, 6) is -0.0612. The van der Waals surface area contributed by atoms with Gasteiger partial charge in [0.2, 0.25) is 11.0 Å². The Hall–Kier alpha value is -1.82. The van der Waals surface area contributed by atoms with E-state index in [-0.39, 0.29) is 5.91 Å². The molecule has 82 valence electrons. The maximum atomic E-state index is 11.1. The van der Waals surface area contributed by atoms with E-state index in [0.717, 1.165) is 10.6 Å². The molecule has 0 saturated carbocycles. The Kier molecular flexibility index (Phi) is 2.91. The van der Waals surface area contributed by atoms with Crippen molar-refractivity contribution in [2.75, 3.05) is 11.9 Å². The molecule has 0 aliphatic heterocycles. The first-order chi connectivity index (χ1) is 7.68. The molecule has 0 saturated heterocycles. The van der Waals surface area contributed by atoms with E-state index in [1.54, 1.807) is 19.4 Å². The van der Waals surface area contributed by atoms with Crippen LogP contribution in [0.25, 0.3) is 10.6 Å². The number of nitrogens with zero attached hydrogens (tertiary/aromatic N) is 4. The van der Waals surface area contributed by atoms with E-state index in [1.807, 2.05) is 12.1 Å². The lowest BCUT2D eigenvalue weighted by Gasteiger charge is -2.08. The number of rotatable bonds is 2. The molecule has 0 N–H and O–H groups in total. The molecule has 0 bridgehead atoms. The van der Waals surface area contributed by atoms with Gasteiger partial charge in [0, 0.05) is 31.9 Å². The van der Waals surface area contributed by atoms with Crippen molar-refractivity contribution in [1.29, 1.82) is 0 Å². The third-order valence-corrected chi connectivity index (χ3v) is 3.13. The fourth-order valence-electron chi connectivity index (χ4n) is 1.09. The van der Waals surface area contributed by atoms with Crippen LogP contribution in [-0.2, 0) is 4.79 Å². The molecule has 6 heteroatoms. The largest absolute Gasteiger partial charge is 0.290 e. The van der Waals surface area contributed by atoms with Gasteiger partial charge in [-0.25, -0.2) is 0 Å². The van der Waals surface area contributed by atoms with Gasteiger partial charge in [-0.15, -0.1) is 10.2 Å². The first-order valence-electron chi connectivity index (χ1n) is 4.66. The average molecular weight is 234 g/mol. The molecular formula is C10H10N4OS. The Bertz CT molecular complexity index is 497. The standard InChI is InChI=1S/C10H10N4OS/c1-7(15)14(2)10-13-12-9(16-10)8-4-3-5-11-6-8/h3-6H,1-2H3. The second-order valence-corrected chi connectivity index (χ2v) is 4.17. The molecule has 0 fully saturated rings. The Morgan fingerprint density at radius 3 is 2.88 bits per heavy atom. The van der Waals surface area contributed by atoms with E-state index in [9.17, 15) is 4.79 Å². The van der Waals surface area contributed by atoms with Crippen molar-refractivity contribution in [1.82, 2.24) is 15.2 Å². The van der Waals surface area contributed by atoms with Crippen molar-refractivity contribution in [2.45, 2.75) is 6.92 Å². The van der Waals surface area contributed by atoms with Crippen molar-refractivity contribution >= 4 is 22.4 Å². The SMILES string of the molecule is CC(=O)N(C)c1nnc(-c2cccnc2)s1. The third-order valence-electron chi connectivity index (χ3n) is 2.08. The van der Waals surface area contributed by atoms with Gasteiger partial charge < -0.3 is 0 Å². The fraction of sp³-hybridized carbons (Fsp3) is 0.200. The Labute approximate surface area is 96.8 Å². The van der Waals surface area contributed by atoms with E-state index in [2.05, 4.69) is 15.2 Å². The molecule has 2 aromatic heterocycles. The second kappa shape index (κ2) is 4.36. The van der Waals surface area contributed by atoms with Crippen molar-refractivity contribution in [2.24, 2.45) is 0 Å². The van der Waals surface area contributed by atoms with Crippen LogP contribution in [-0.4, -0.2) is 28.1 Å². The Morgan fingerprint density at radius 1 is 1.44 bits per heavy atom. The molecule has 0 aliphatic rings. The predicted octanol–water partition coefficient (Wildman–Crippen LogP) is 1.58. The summed E-state index contributed by atoms with van der Waals surface area (Å²) in [4.78, 5) is 16.6. The van der Waals surface area contributed by atoms with Crippen LogP contribution >= 0.6 is 11.3 Å². The van der Waals surface area contributed by atoms with E-state index >= 15 is 0 Å². The zero-order valence-corrected chi connectivity index (χ0v) is 9.73. The number of amides is 1. The second-order valence-electron chi connectivity index (χ2n) is 3.21. The summed E-state index contributed by atoms with van der Waals surface area (Å²) in [5, 5.41) is 9.33. The molecule has 0 spiro atoms. The van der Waals surface area contributed by atoms with Gasteiger partial charge >= 0.3 is 0 Å². The van der Waals surface area contributed by atoms with Crippen LogP contribution < -0.4 is 4.90 Å². The maximum absolute atomic E-state index is 11.1. The smallest absolute Gasteiger partial charge is 0.225 e. The van der Waals surface area contributed by atoms with Gasteiger partial charge in [-0.3, -0.25) is 14.7 Å². The lowest BCUT2D eigenvalue weighted by atomic mass is 10.3. The monoisotopic (exact) mass is 234 g/mol. The number of aromatic nitrogens is 3. The zero-order valence-electron chi connectivity index (χ0n) is 8.91. The third kappa shape index (κ3) is 2.06. The molecule has 16 heavy (non-hydrogen) atoms. The van der Waals surface area contributed by atoms with Gasteiger partial charge in [0.05, 0.1) is 0 Å². The number of hydrogen-bond acceptors (Lipinski definition) is 5. The molecule has 2 rings (SSSR count). The zero-order chi connectivity index (χ0) is 11.5. The summed E-state index contributed by atoms with van der Waals surface area (Å²) in [6, 6.07) is 3.75. The molecule has 2 heterocycles. The Balaban J connectivity index is 2.30. The van der Waals surface area contributed by atoms with Crippen molar-refractivity contribution < 1.29 is 4.79 Å². The first kappa shape index (κ1) is 10.7. The van der Waals surface area contributed by atoms with Gasteiger partial charge in [0.1, 0.15) is 0 Å². The number of hydrogen-bond donors (Lipinski definition) is 0. The molecule has 2 aromatic rings. The lowest BCUT2D eigenvalue weighted by molar-refractivity contribution is -0.116. The van der Waals surface area contributed by atoms with Crippen LogP contribution in [0.15, 0.2) is 24.5 Å². The molecule has 1 amide bonds. The minimum Gasteiger partial charge on any atom is -0.290 e. The molecule has 0 radical (unpaired) electrons. The molecule has 5 nitrogen and oxygen atoms in total. The minimum atomic E-state index is -0.0612. The summed E-state index contributed by atoms with van der Waals surface area (Å²) in [7, 11) is 1.68. The van der Waals surface area contributed by atoms with Gasteiger partial charge in [-0.2, -0.15) is 0 Å². The summed E-state index contributed by atoms with van der Waals surface area (Å²) < 4.78 is 0. The van der Waals surface area contributed by atoms with Crippen molar-refractivity contribution in [3.63, 3.8) is 0 Å². The van der Waals surface area contributed by atoms with Crippen LogP contribution in [0.2, 0.25) is 0 Å². The van der Waals surface area contributed by atoms with E-state index < -0.39 is 0 Å². The van der Waals surface area contributed by atoms with Gasteiger partial charge in [-0.1, -0.05) is 11.3 Å². The number of pyridine rings is 1. The molecule has 0 aromatic carbocycles. The van der Waals surface area contributed by atoms with Crippen LogP contribution in [0.5, 0.6) is 0 Å². The lowest BCUT2D eigenvalue weighted by Crippen LogP contribution is -2.22. The number of anilines is 1. The van der Waals surface area contributed by atoms with Crippen LogP contribution in [0.1, 0.15) is 6.92 Å². The van der Waals surface area contributed by atoms with Gasteiger partial charge in [0.25, 0.3) is 0 Å². The summed E-state index contributed by atoms with van der Waals surface area (Å²) >= 11 is 1.37. The van der Waals surface area contributed by atoms with Crippen molar-refractivity contribution in [3.8, 4) is 10.6 Å². The minimum absolute atomic E-state index is 0.0612. The summed E-state index contributed by atoms with van der Waals surface area (Å²) in [6.45, 7) is 1.49. The van der Waals surface area contributed by atoms with Gasteiger partial charge in [0.15, 0.2) is 5.01 Å². The summed E-state index contributed by atoms with van der Waals surface area (Å²) in [6.07, 6.45) is 3.42. The van der Waals surface area contributed by atoms with E-state index in [4.69, 9.17) is 0 Å². The summed E-state index contributed by atoms with van der Waals surface area (Å²) in [5.41, 5.74) is 0.906. The highest BCUT2D eigenvalue weighted by atomic mass is 32.1. The van der Waals surface area contributed by atoms with Crippen LogP contribution in [0, 0.1) is 0 Å². The fourth-order valence-corrected chi connectivity index (χ4v) is 1.93. The van der Waals surface area contributed by atoms with Gasteiger partial charge in [-0.05, 0) is 12.1 Å². The molecule has 0 unspecified atom stereocenters. The van der Waals surface area contributed by atoms with Crippen LogP contribution in [0.4, 0.5) is 5.13 Å². The molecule has 0 aliphatic carbocycles. The number of carbonyl (C=O) groups excluding carboxylic acids is 1. The van der Waals surface area contributed by atoms with E-state index in [0.29, 0.717) is 5.13 Å². The predicted molar refractivity (Wildman–Crippen MR) is 62.2 cm³/mol. The highest BCUT2D eigenvalue weighted by molar-refractivity contribution is 7.18. The average Bonchev–Trinajstić information content (AvgIpc) is 2.78. The number of carbonyl (C=O) groups is 1. The van der Waals surface area contributed by atoms with Crippen LogP contribution in [0.3, 0.4) is 0 Å². The molecule has 0 atom stereocenters. The maximum Gasteiger partial charge on any atom is 0.225 e. The molecular weight excluding hydrogens is 224 g/mol. The van der Waals surface area contributed by atoms with E-state index in [1.165, 1.54) is 23.2 Å². The van der Waals surface area contributed by atoms with Crippen molar-refractivity contribution in [3.05, 3.63) is 24.5 Å². The highest BCUT2D eigenvalue weighted by Gasteiger charge is 2.12. The quantitative estimate of drug-likeness (QED) is 0.791. The normalized spacial score (nSPS) is 10.1. The highest BCUT2D eigenvalue weighted by Crippen LogP contribution is 2.27.